The third-order valence-electron chi connectivity index (χ3n) is 2.54. The van der Waals surface area contributed by atoms with Crippen molar-refractivity contribution in [1.82, 2.24) is 0 Å². The normalized spacial score (nSPS) is 10.4. The van der Waals surface area contributed by atoms with Crippen molar-refractivity contribution in [3.8, 4) is 11.5 Å². The molecule has 4 nitrogen and oxygen atoms in total. The SMILES string of the molecule is COCCc1ccc(Oc2csc(C(=O)O)c2)cc1. The number of methoxy groups -OCH3 is 1. The highest BCUT2D eigenvalue weighted by atomic mass is 32.1. The Hall–Kier alpha value is -1.85. The Balaban J connectivity index is 2.00. The summed E-state index contributed by atoms with van der Waals surface area (Å²) in [6.07, 6.45) is 0.860. The lowest BCUT2D eigenvalue weighted by Crippen LogP contribution is -1.94. The summed E-state index contributed by atoms with van der Waals surface area (Å²) in [6, 6.07) is 9.19. The second kappa shape index (κ2) is 6.36. The Labute approximate surface area is 115 Å². The fraction of sp³-hybridized carbons (Fsp3) is 0.214. The van der Waals surface area contributed by atoms with E-state index in [9.17, 15) is 4.79 Å². The van der Waals surface area contributed by atoms with Gasteiger partial charge in [-0.15, -0.1) is 11.3 Å². The molecule has 0 saturated heterocycles. The quantitative estimate of drug-likeness (QED) is 0.879. The first kappa shape index (κ1) is 13.6. The molecule has 0 bridgehead atoms. The molecule has 0 radical (unpaired) electrons. The lowest BCUT2D eigenvalue weighted by molar-refractivity contribution is 0.0702. The number of carboxylic acids is 1. The first-order valence-corrected chi connectivity index (χ1v) is 6.64. The Bertz CT molecular complexity index is 545. The van der Waals surface area contributed by atoms with Gasteiger partial charge in [-0.3, -0.25) is 0 Å². The molecule has 0 fully saturated rings. The molecule has 0 aliphatic rings. The van der Waals surface area contributed by atoms with Gasteiger partial charge in [0.2, 0.25) is 0 Å². The Morgan fingerprint density at radius 1 is 1.26 bits per heavy atom. The van der Waals surface area contributed by atoms with Crippen LogP contribution in [0.3, 0.4) is 0 Å². The van der Waals surface area contributed by atoms with E-state index < -0.39 is 5.97 Å². The highest BCUT2D eigenvalue weighted by Crippen LogP contribution is 2.27. The van der Waals surface area contributed by atoms with Crippen molar-refractivity contribution in [3.63, 3.8) is 0 Å². The summed E-state index contributed by atoms with van der Waals surface area (Å²) in [4.78, 5) is 11.0. The van der Waals surface area contributed by atoms with Gasteiger partial charge >= 0.3 is 5.97 Å². The van der Waals surface area contributed by atoms with Crippen LogP contribution in [-0.4, -0.2) is 24.8 Å². The second-order valence-electron chi connectivity index (χ2n) is 3.94. The largest absolute Gasteiger partial charge is 0.477 e. The number of benzene rings is 1. The van der Waals surface area contributed by atoms with E-state index in [0.717, 1.165) is 17.8 Å². The summed E-state index contributed by atoms with van der Waals surface area (Å²) in [5, 5.41) is 10.5. The smallest absolute Gasteiger partial charge is 0.346 e. The van der Waals surface area contributed by atoms with E-state index in [-0.39, 0.29) is 4.88 Å². The molecule has 0 aliphatic heterocycles. The van der Waals surface area contributed by atoms with Gasteiger partial charge in [0.25, 0.3) is 0 Å². The average Bonchev–Trinajstić information content (AvgIpc) is 2.87. The van der Waals surface area contributed by atoms with Crippen molar-refractivity contribution in [1.29, 1.82) is 0 Å². The molecule has 1 aromatic heterocycles. The lowest BCUT2D eigenvalue weighted by Gasteiger charge is -2.04. The predicted molar refractivity (Wildman–Crippen MR) is 73.4 cm³/mol. The maximum Gasteiger partial charge on any atom is 0.346 e. The average molecular weight is 278 g/mol. The molecule has 1 heterocycles. The first-order valence-electron chi connectivity index (χ1n) is 5.76. The van der Waals surface area contributed by atoms with Gasteiger partial charge in [0, 0.05) is 18.6 Å². The van der Waals surface area contributed by atoms with Crippen molar-refractivity contribution in [3.05, 3.63) is 46.2 Å². The third kappa shape index (κ3) is 3.81. The number of carboxylic acid groups (broad SMARTS) is 1. The highest BCUT2D eigenvalue weighted by Gasteiger charge is 2.08. The topological polar surface area (TPSA) is 55.8 Å². The molecule has 0 aliphatic carbocycles. The molecule has 0 unspecified atom stereocenters. The number of carbonyl (C=O) groups is 1. The maximum atomic E-state index is 10.8. The fourth-order valence-electron chi connectivity index (χ4n) is 1.56. The van der Waals surface area contributed by atoms with Gasteiger partial charge in [-0.1, -0.05) is 12.1 Å². The van der Waals surface area contributed by atoms with Crippen LogP contribution in [-0.2, 0) is 11.2 Å². The van der Waals surface area contributed by atoms with Crippen LogP contribution in [0.4, 0.5) is 0 Å². The van der Waals surface area contributed by atoms with Crippen LogP contribution < -0.4 is 4.74 Å². The van der Waals surface area contributed by atoms with E-state index in [1.165, 1.54) is 11.6 Å². The van der Waals surface area contributed by atoms with Crippen LogP contribution in [0.25, 0.3) is 0 Å². The minimum absolute atomic E-state index is 0.270. The van der Waals surface area contributed by atoms with Crippen molar-refractivity contribution in [2.24, 2.45) is 0 Å². The number of aromatic carboxylic acids is 1. The molecule has 0 amide bonds. The monoisotopic (exact) mass is 278 g/mol. The van der Waals surface area contributed by atoms with Gasteiger partial charge in [0.05, 0.1) is 6.61 Å². The molecule has 100 valence electrons. The van der Waals surface area contributed by atoms with E-state index in [0.29, 0.717) is 18.1 Å². The summed E-state index contributed by atoms with van der Waals surface area (Å²) in [6.45, 7) is 0.687. The van der Waals surface area contributed by atoms with Gasteiger partial charge < -0.3 is 14.6 Å². The molecular formula is C14H14O4S. The molecule has 5 heteroatoms. The predicted octanol–water partition coefficient (Wildman–Crippen LogP) is 3.43. The zero-order valence-electron chi connectivity index (χ0n) is 10.5. The Kier molecular flexibility index (Phi) is 4.54. The van der Waals surface area contributed by atoms with E-state index >= 15 is 0 Å². The van der Waals surface area contributed by atoms with Gasteiger partial charge in [0.1, 0.15) is 16.4 Å². The molecule has 0 saturated carbocycles. The lowest BCUT2D eigenvalue weighted by atomic mass is 10.1. The van der Waals surface area contributed by atoms with Gasteiger partial charge in [0.15, 0.2) is 0 Å². The van der Waals surface area contributed by atoms with Gasteiger partial charge in [-0.05, 0) is 24.1 Å². The van der Waals surface area contributed by atoms with Crippen LogP contribution in [0, 0.1) is 0 Å². The van der Waals surface area contributed by atoms with E-state index in [1.54, 1.807) is 12.5 Å². The summed E-state index contributed by atoms with van der Waals surface area (Å²) in [5.41, 5.74) is 1.17. The second-order valence-corrected chi connectivity index (χ2v) is 4.85. The molecule has 1 N–H and O–H groups in total. The van der Waals surface area contributed by atoms with Crippen LogP contribution >= 0.6 is 11.3 Å². The number of ether oxygens (including phenoxy) is 2. The van der Waals surface area contributed by atoms with E-state index in [2.05, 4.69) is 0 Å². The van der Waals surface area contributed by atoms with E-state index in [4.69, 9.17) is 14.6 Å². The summed E-state index contributed by atoms with van der Waals surface area (Å²) in [5.74, 6) is 0.303. The minimum Gasteiger partial charge on any atom is -0.477 e. The van der Waals surface area contributed by atoms with Crippen LogP contribution in [0.1, 0.15) is 15.2 Å². The van der Waals surface area contributed by atoms with Crippen molar-refractivity contribution >= 4 is 17.3 Å². The molecule has 2 aromatic rings. The van der Waals surface area contributed by atoms with Crippen molar-refractivity contribution < 1.29 is 19.4 Å². The van der Waals surface area contributed by atoms with Gasteiger partial charge in [-0.2, -0.15) is 0 Å². The van der Waals surface area contributed by atoms with Crippen LogP contribution in [0.5, 0.6) is 11.5 Å². The van der Waals surface area contributed by atoms with E-state index in [1.807, 2.05) is 24.3 Å². The first-order chi connectivity index (χ1) is 9.19. The molecular weight excluding hydrogens is 264 g/mol. The minimum atomic E-state index is -0.935. The number of rotatable bonds is 6. The summed E-state index contributed by atoms with van der Waals surface area (Å²) >= 11 is 1.15. The zero-order chi connectivity index (χ0) is 13.7. The zero-order valence-corrected chi connectivity index (χ0v) is 11.3. The number of thiophene rings is 1. The maximum absolute atomic E-state index is 10.8. The van der Waals surface area contributed by atoms with Crippen LogP contribution in [0.15, 0.2) is 35.7 Å². The van der Waals surface area contributed by atoms with Crippen molar-refractivity contribution in [2.45, 2.75) is 6.42 Å². The van der Waals surface area contributed by atoms with Crippen LogP contribution in [0.2, 0.25) is 0 Å². The molecule has 0 atom stereocenters. The van der Waals surface area contributed by atoms with Crippen molar-refractivity contribution in [2.75, 3.05) is 13.7 Å². The number of hydrogen-bond acceptors (Lipinski definition) is 4. The molecule has 1 aromatic carbocycles. The summed E-state index contributed by atoms with van der Waals surface area (Å²) in [7, 11) is 1.67. The Morgan fingerprint density at radius 3 is 2.58 bits per heavy atom. The van der Waals surface area contributed by atoms with Gasteiger partial charge in [-0.25, -0.2) is 4.79 Å². The molecule has 19 heavy (non-hydrogen) atoms. The summed E-state index contributed by atoms with van der Waals surface area (Å²) < 4.78 is 10.6. The number of hydrogen-bond donors (Lipinski definition) is 1. The molecule has 2 rings (SSSR count). The Morgan fingerprint density at radius 2 is 2.00 bits per heavy atom. The third-order valence-corrected chi connectivity index (χ3v) is 3.44. The fourth-order valence-corrected chi connectivity index (χ4v) is 2.21. The highest BCUT2D eigenvalue weighted by molar-refractivity contribution is 7.12. The molecule has 0 spiro atoms. The standard InChI is InChI=1S/C14H14O4S/c1-17-7-6-10-2-4-11(5-3-10)18-12-8-13(14(15)16)19-9-12/h2-5,8-9H,6-7H2,1H3,(H,15,16).